The van der Waals surface area contributed by atoms with Gasteiger partial charge < -0.3 is 29.4 Å². The second kappa shape index (κ2) is 12.6. The SMILES string of the molecule is COc1cc(C2C(C#N)=C(N)Oc3cc(OC(=O)COc4cc(C)cc(C)c4)ccc32)ccc1OCc1ccc(F)cc1. The van der Waals surface area contributed by atoms with Crippen molar-refractivity contribution in [3.8, 4) is 34.8 Å². The molecule has 0 amide bonds. The summed E-state index contributed by atoms with van der Waals surface area (Å²) in [5.74, 6) is 0.532. The van der Waals surface area contributed by atoms with Gasteiger partial charge in [-0.2, -0.15) is 5.26 Å². The highest BCUT2D eigenvalue weighted by Gasteiger charge is 2.32. The molecule has 2 N–H and O–H groups in total. The zero-order valence-electron chi connectivity index (χ0n) is 23.8. The monoisotopic (exact) mass is 580 g/mol. The average Bonchev–Trinajstić information content (AvgIpc) is 2.98. The molecule has 218 valence electrons. The lowest BCUT2D eigenvalue weighted by atomic mass is 9.83. The van der Waals surface area contributed by atoms with Crippen LogP contribution >= 0.6 is 0 Å². The van der Waals surface area contributed by atoms with Crippen molar-refractivity contribution in [2.45, 2.75) is 26.4 Å². The van der Waals surface area contributed by atoms with E-state index in [0.29, 0.717) is 34.1 Å². The third kappa shape index (κ3) is 6.71. The van der Waals surface area contributed by atoms with Crippen LogP contribution in [0.3, 0.4) is 0 Å². The molecular formula is C34H29FN2O6. The van der Waals surface area contributed by atoms with Crippen LogP contribution in [0.2, 0.25) is 0 Å². The standard InChI is InChI=1S/C34H29FN2O6/c1-20-12-21(2)14-26(13-20)40-19-32(38)42-25-9-10-27-30(16-25)43-34(37)28(17-36)33(27)23-6-11-29(31(15-23)39-3)41-18-22-4-7-24(35)8-5-22/h4-16,33H,18-19,37H2,1-3H3. The highest BCUT2D eigenvalue weighted by molar-refractivity contribution is 5.74. The summed E-state index contributed by atoms with van der Waals surface area (Å²) < 4.78 is 41.6. The molecule has 1 heterocycles. The first-order chi connectivity index (χ1) is 20.7. The summed E-state index contributed by atoms with van der Waals surface area (Å²) >= 11 is 0. The van der Waals surface area contributed by atoms with Crippen molar-refractivity contribution in [1.29, 1.82) is 5.26 Å². The van der Waals surface area contributed by atoms with E-state index in [2.05, 4.69) is 6.07 Å². The molecule has 43 heavy (non-hydrogen) atoms. The molecule has 0 spiro atoms. The molecule has 0 saturated heterocycles. The number of esters is 1. The van der Waals surface area contributed by atoms with E-state index in [1.54, 1.807) is 42.5 Å². The number of hydrogen-bond donors (Lipinski definition) is 1. The Kier molecular flexibility index (Phi) is 8.49. The summed E-state index contributed by atoms with van der Waals surface area (Å²) in [5, 5.41) is 9.96. The number of nitrogens with two attached hydrogens (primary N) is 1. The molecule has 1 atom stereocenters. The first-order valence-corrected chi connectivity index (χ1v) is 13.4. The van der Waals surface area contributed by atoms with E-state index in [-0.39, 0.29) is 36.2 Å². The largest absolute Gasteiger partial charge is 0.493 e. The van der Waals surface area contributed by atoms with Gasteiger partial charge in [-0.25, -0.2) is 9.18 Å². The summed E-state index contributed by atoms with van der Waals surface area (Å²) in [7, 11) is 1.52. The van der Waals surface area contributed by atoms with Gasteiger partial charge in [0.05, 0.1) is 13.0 Å². The van der Waals surface area contributed by atoms with Gasteiger partial charge in [0.25, 0.3) is 0 Å². The zero-order valence-corrected chi connectivity index (χ0v) is 23.8. The number of nitriles is 1. The molecule has 4 aromatic rings. The second-order valence-corrected chi connectivity index (χ2v) is 10.0. The molecule has 1 unspecified atom stereocenters. The zero-order chi connectivity index (χ0) is 30.5. The molecule has 0 aromatic heterocycles. The van der Waals surface area contributed by atoms with Crippen LogP contribution in [0, 0.1) is 31.0 Å². The number of fused-ring (bicyclic) bond motifs is 1. The van der Waals surface area contributed by atoms with Gasteiger partial charge in [-0.1, -0.05) is 30.3 Å². The van der Waals surface area contributed by atoms with E-state index in [9.17, 15) is 14.4 Å². The molecule has 5 rings (SSSR count). The number of methoxy groups -OCH3 is 1. The molecule has 1 aliphatic heterocycles. The van der Waals surface area contributed by atoms with Gasteiger partial charge in [0, 0.05) is 11.6 Å². The van der Waals surface area contributed by atoms with Crippen LogP contribution in [0.25, 0.3) is 0 Å². The van der Waals surface area contributed by atoms with Crippen LogP contribution in [0.5, 0.6) is 28.7 Å². The highest BCUT2D eigenvalue weighted by Crippen LogP contribution is 2.45. The van der Waals surface area contributed by atoms with E-state index in [0.717, 1.165) is 16.7 Å². The number of benzene rings is 4. The minimum Gasteiger partial charge on any atom is -0.493 e. The summed E-state index contributed by atoms with van der Waals surface area (Å²) in [6, 6.07) is 24.1. The maximum Gasteiger partial charge on any atom is 0.349 e. The number of rotatable bonds is 9. The van der Waals surface area contributed by atoms with Gasteiger partial charge in [-0.15, -0.1) is 0 Å². The van der Waals surface area contributed by atoms with Crippen LogP contribution in [0.15, 0.2) is 90.3 Å². The minimum atomic E-state index is -0.589. The number of hydrogen-bond acceptors (Lipinski definition) is 8. The Morgan fingerprint density at radius 2 is 1.67 bits per heavy atom. The normalized spacial score (nSPS) is 13.8. The smallest absolute Gasteiger partial charge is 0.349 e. The highest BCUT2D eigenvalue weighted by atomic mass is 19.1. The van der Waals surface area contributed by atoms with Crippen molar-refractivity contribution in [2.75, 3.05) is 13.7 Å². The number of halogens is 1. The number of aryl methyl sites for hydroxylation is 2. The van der Waals surface area contributed by atoms with Crippen LogP contribution < -0.4 is 29.4 Å². The average molecular weight is 581 g/mol. The minimum absolute atomic E-state index is 0.0581. The number of carbonyl (C=O) groups is 1. The second-order valence-electron chi connectivity index (χ2n) is 10.0. The number of ether oxygens (including phenoxy) is 5. The fourth-order valence-electron chi connectivity index (χ4n) is 4.89. The molecular weight excluding hydrogens is 551 g/mol. The Hall–Kier alpha value is -5.49. The van der Waals surface area contributed by atoms with Crippen LogP contribution in [-0.4, -0.2) is 19.7 Å². The van der Waals surface area contributed by atoms with Gasteiger partial charge in [0.2, 0.25) is 5.88 Å². The third-order valence-corrected chi connectivity index (χ3v) is 6.80. The topological polar surface area (TPSA) is 113 Å². The predicted molar refractivity (Wildman–Crippen MR) is 157 cm³/mol. The van der Waals surface area contributed by atoms with Gasteiger partial charge in [0.15, 0.2) is 18.1 Å². The van der Waals surface area contributed by atoms with Crippen LogP contribution in [0.4, 0.5) is 4.39 Å². The Balaban J connectivity index is 1.35. The Morgan fingerprint density at radius 3 is 2.37 bits per heavy atom. The molecule has 0 bridgehead atoms. The molecule has 0 saturated carbocycles. The van der Waals surface area contributed by atoms with Crippen molar-refractivity contribution >= 4 is 5.97 Å². The lowest BCUT2D eigenvalue weighted by Crippen LogP contribution is -2.22. The Morgan fingerprint density at radius 1 is 0.930 bits per heavy atom. The van der Waals surface area contributed by atoms with Gasteiger partial charge in [-0.05, 0) is 78.6 Å². The molecule has 9 heteroatoms. The van der Waals surface area contributed by atoms with E-state index in [1.807, 2.05) is 38.1 Å². The molecule has 0 fully saturated rings. The van der Waals surface area contributed by atoms with Crippen molar-refractivity contribution in [3.05, 3.63) is 124 Å². The van der Waals surface area contributed by atoms with E-state index in [4.69, 9.17) is 29.4 Å². The van der Waals surface area contributed by atoms with Crippen molar-refractivity contribution in [3.63, 3.8) is 0 Å². The summed E-state index contributed by atoms with van der Waals surface area (Å²) in [6.45, 7) is 3.83. The maximum absolute atomic E-state index is 13.2. The van der Waals surface area contributed by atoms with Crippen molar-refractivity contribution in [1.82, 2.24) is 0 Å². The molecule has 8 nitrogen and oxygen atoms in total. The van der Waals surface area contributed by atoms with Gasteiger partial charge >= 0.3 is 5.97 Å². The van der Waals surface area contributed by atoms with Crippen molar-refractivity contribution < 1.29 is 32.9 Å². The lowest BCUT2D eigenvalue weighted by Gasteiger charge is -2.27. The molecule has 1 aliphatic rings. The summed E-state index contributed by atoms with van der Waals surface area (Å²) in [6.07, 6.45) is 0. The Bertz CT molecular complexity index is 1720. The first-order valence-electron chi connectivity index (χ1n) is 13.4. The van der Waals surface area contributed by atoms with Crippen LogP contribution in [0.1, 0.15) is 33.7 Å². The number of carbonyl (C=O) groups excluding carboxylic acids is 1. The van der Waals surface area contributed by atoms with E-state index >= 15 is 0 Å². The number of nitrogens with zero attached hydrogens (tertiary/aromatic N) is 1. The fraction of sp³-hybridized carbons (Fsp3) is 0.176. The number of allylic oxidation sites excluding steroid dienone is 1. The first kappa shape index (κ1) is 29.0. The van der Waals surface area contributed by atoms with Gasteiger partial charge in [-0.3, -0.25) is 0 Å². The lowest BCUT2D eigenvalue weighted by molar-refractivity contribution is -0.136. The predicted octanol–water partition coefficient (Wildman–Crippen LogP) is 6.23. The van der Waals surface area contributed by atoms with E-state index < -0.39 is 11.9 Å². The molecule has 0 aliphatic carbocycles. The third-order valence-electron chi connectivity index (χ3n) is 6.80. The van der Waals surface area contributed by atoms with E-state index in [1.165, 1.54) is 19.2 Å². The van der Waals surface area contributed by atoms with Crippen LogP contribution in [-0.2, 0) is 11.4 Å². The summed E-state index contributed by atoms with van der Waals surface area (Å²) in [5.41, 5.74) is 10.6. The summed E-state index contributed by atoms with van der Waals surface area (Å²) in [4.78, 5) is 12.5. The fourth-order valence-corrected chi connectivity index (χ4v) is 4.89. The maximum atomic E-state index is 13.2. The Labute approximate surface area is 248 Å². The molecule has 0 radical (unpaired) electrons. The quantitative estimate of drug-likeness (QED) is 0.183. The van der Waals surface area contributed by atoms with Gasteiger partial charge in [0.1, 0.15) is 41.3 Å². The van der Waals surface area contributed by atoms with Crippen molar-refractivity contribution in [2.24, 2.45) is 5.73 Å². The molecule has 4 aromatic carbocycles.